The normalized spacial score (nSPS) is 9.69. The summed E-state index contributed by atoms with van der Waals surface area (Å²) in [5.74, 6) is 0. The van der Waals surface area contributed by atoms with Crippen LogP contribution in [0.2, 0.25) is 0 Å². The molecule has 0 spiro atoms. The van der Waals surface area contributed by atoms with Crippen molar-refractivity contribution in [3.05, 3.63) is 27.3 Å². The Balaban J connectivity index is 2.99. The number of carboxylic acid groups (broad SMARTS) is 1. The molecule has 13 heavy (non-hydrogen) atoms. The zero-order chi connectivity index (χ0) is 9.84. The van der Waals surface area contributed by atoms with E-state index < -0.39 is 6.09 Å². The van der Waals surface area contributed by atoms with Gasteiger partial charge in [-0.25, -0.2) is 4.79 Å². The molecule has 0 unspecified atom stereocenters. The fraction of sp³-hybridized carbons (Fsp3) is 0.125. The summed E-state index contributed by atoms with van der Waals surface area (Å²) in [6, 6.07) is 5.38. The topological polar surface area (TPSA) is 75.3 Å². The van der Waals surface area contributed by atoms with E-state index in [4.69, 9.17) is 10.8 Å². The number of amides is 1. The molecule has 0 heterocycles. The van der Waals surface area contributed by atoms with Gasteiger partial charge in [0.2, 0.25) is 0 Å². The van der Waals surface area contributed by atoms with Gasteiger partial charge in [-0.05, 0) is 46.4 Å². The summed E-state index contributed by atoms with van der Waals surface area (Å²) in [5.41, 5.74) is 6.81. The first-order valence-corrected chi connectivity index (χ1v) is 4.70. The molecule has 4 nitrogen and oxygen atoms in total. The molecule has 0 aliphatic heterocycles. The second-order valence-electron chi connectivity index (χ2n) is 2.44. The van der Waals surface area contributed by atoms with Crippen LogP contribution in [0.1, 0.15) is 5.56 Å². The van der Waals surface area contributed by atoms with Crippen LogP contribution in [-0.4, -0.2) is 11.2 Å². The molecule has 1 rings (SSSR count). The molecule has 0 fully saturated rings. The molecule has 1 aromatic rings. The minimum Gasteiger partial charge on any atom is -0.465 e. The summed E-state index contributed by atoms with van der Waals surface area (Å²) in [6.45, 7) is 0.326. The van der Waals surface area contributed by atoms with Crippen LogP contribution in [0.4, 0.5) is 10.5 Å². The van der Waals surface area contributed by atoms with Crippen molar-refractivity contribution in [2.75, 3.05) is 5.32 Å². The van der Waals surface area contributed by atoms with Crippen LogP contribution in [0.25, 0.3) is 0 Å². The Bertz CT molecular complexity index is 328. The lowest BCUT2D eigenvalue weighted by Crippen LogP contribution is -2.11. The van der Waals surface area contributed by atoms with Gasteiger partial charge in [0.25, 0.3) is 0 Å². The monoisotopic (exact) mass is 292 g/mol. The highest BCUT2D eigenvalue weighted by Gasteiger charge is 2.03. The zero-order valence-corrected chi connectivity index (χ0v) is 8.91. The van der Waals surface area contributed by atoms with Crippen molar-refractivity contribution in [1.29, 1.82) is 0 Å². The molecule has 0 saturated carbocycles. The van der Waals surface area contributed by atoms with Gasteiger partial charge >= 0.3 is 6.09 Å². The standard InChI is InChI=1S/C8H9IN2O2/c9-6-1-2-7(11-8(12)13)5(3-6)4-10/h1-3,11H,4,10H2,(H,12,13). The number of benzene rings is 1. The number of nitrogens with one attached hydrogen (secondary N) is 1. The fourth-order valence-electron chi connectivity index (χ4n) is 0.968. The summed E-state index contributed by atoms with van der Waals surface area (Å²) in [6.07, 6.45) is -1.07. The number of nitrogens with two attached hydrogens (primary N) is 1. The molecule has 0 aliphatic carbocycles. The number of hydrogen-bond donors (Lipinski definition) is 3. The summed E-state index contributed by atoms with van der Waals surface area (Å²) >= 11 is 2.15. The van der Waals surface area contributed by atoms with Gasteiger partial charge in [0, 0.05) is 15.8 Å². The molecule has 0 aromatic heterocycles. The molecule has 4 N–H and O–H groups in total. The first-order valence-electron chi connectivity index (χ1n) is 3.62. The second kappa shape index (κ2) is 4.43. The van der Waals surface area contributed by atoms with Gasteiger partial charge in [-0.1, -0.05) is 0 Å². The zero-order valence-electron chi connectivity index (χ0n) is 6.75. The van der Waals surface area contributed by atoms with E-state index in [0.717, 1.165) is 9.13 Å². The van der Waals surface area contributed by atoms with Crippen molar-refractivity contribution >= 4 is 34.4 Å². The number of anilines is 1. The third-order valence-electron chi connectivity index (χ3n) is 1.53. The number of hydrogen-bond acceptors (Lipinski definition) is 2. The minimum atomic E-state index is -1.07. The number of carbonyl (C=O) groups is 1. The van der Waals surface area contributed by atoms with Crippen LogP contribution in [0.15, 0.2) is 18.2 Å². The third-order valence-corrected chi connectivity index (χ3v) is 2.20. The molecule has 0 bridgehead atoms. The molecule has 5 heteroatoms. The third kappa shape index (κ3) is 2.85. The van der Waals surface area contributed by atoms with E-state index in [0.29, 0.717) is 12.2 Å². The van der Waals surface area contributed by atoms with Crippen LogP contribution >= 0.6 is 22.6 Å². The molecule has 0 aliphatic rings. The van der Waals surface area contributed by atoms with Crippen LogP contribution in [0, 0.1) is 3.57 Å². The maximum absolute atomic E-state index is 10.4. The molecule has 1 amide bonds. The van der Waals surface area contributed by atoms with Crippen molar-refractivity contribution < 1.29 is 9.90 Å². The van der Waals surface area contributed by atoms with E-state index in [1.165, 1.54) is 0 Å². The lowest BCUT2D eigenvalue weighted by atomic mass is 10.2. The smallest absolute Gasteiger partial charge is 0.409 e. The largest absolute Gasteiger partial charge is 0.465 e. The molecule has 0 atom stereocenters. The predicted molar refractivity (Wildman–Crippen MR) is 58.7 cm³/mol. The van der Waals surface area contributed by atoms with Crippen LogP contribution in [0.3, 0.4) is 0 Å². The fourth-order valence-corrected chi connectivity index (χ4v) is 1.52. The average Bonchev–Trinajstić information content (AvgIpc) is 2.07. The molecule has 0 radical (unpaired) electrons. The highest BCUT2D eigenvalue weighted by atomic mass is 127. The molecule has 70 valence electrons. The lowest BCUT2D eigenvalue weighted by molar-refractivity contribution is 0.209. The molecular weight excluding hydrogens is 283 g/mol. The summed E-state index contributed by atoms with van der Waals surface area (Å²) in [4.78, 5) is 10.4. The number of halogens is 1. The van der Waals surface area contributed by atoms with Crippen LogP contribution in [-0.2, 0) is 6.54 Å². The van der Waals surface area contributed by atoms with Crippen LogP contribution in [0.5, 0.6) is 0 Å². The molecular formula is C8H9IN2O2. The van der Waals surface area contributed by atoms with Crippen molar-refractivity contribution in [2.24, 2.45) is 5.73 Å². The summed E-state index contributed by atoms with van der Waals surface area (Å²) < 4.78 is 1.04. The minimum absolute atomic E-state index is 0.326. The van der Waals surface area contributed by atoms with Gasteiger partial charge in [-0.3, -0.25) is 5.32 Å². The van der Waals surface area contributed by atoms with E-state index in [2.05, 4.69) is 27.9 Å². The van der Waals surface area contributed by atoms with Gasteiger partial charge in [0.15, 0.2) is 0 Å². The van der Waals surface area contributed by atoms with E-state index in [1.807, 2.05) is 12.1 Å². The Morgan fingerprint density at radius 3 is 2.85 bits per heavy atom. The van der Waals surface area contributed by atoms with Gasteiger partial charge in [-0.15, -0.1) is 0 Å². The number of rotatable bonds is 2. The van der Waals surface area contributed by atoms with E-state index >= 15 is 0 Å². The quantitative estimate of drug-likeness (QED) is 0.728. The first-order chi connectivity index (χ1) is 6.13. The Morgan fingerprint density at radius 1 is 1.62 bits per heavy atom. The van der Waals surface area contributed by atoms with Crippen molar-refractivity contribution in [2.45, 2.75) is 6.54 Å². The maximum Gasteiger partial charge on any atom is 0.409 e. The average molecular weight is 292 g/mol. The SMILES string of the molecule is NCc1cc(I)ccc1NC(=O)O. The van der Waals surface area contributed by atoms with Gasteiger partial charge in [0.05, 0.1) is 0 Å². The molecule has 0 saturated heterocycles. The van der Waals surface area contributed by atoms with Gasteiger partial charge < -0.3 is 10.8 Å². The Morgan fingerprint density at radius 2 is 2.31 bits per heavy atom. The Hall–Kier alpha value is -0.820. The van der Waals surface area contributed by atoms with Crippen molar-refractivity contribution in [3.8, 4) is 0 Å². The Kier molecular flexibility index (Phi) is 3.49. The van der Waals surface area contributed by atoms with E-state index in [-0.39, 0.29) is 0 Å². The van der Waals surface area contributed by atoms with E-state index in [1.54, 1.807) is 6.07 Å². The van der Waals surface area contributed by atoms with E-state index in [9.17, 15) is 4.79 Å². The summed E-state index contributed by atoms with van der Waals surface area (Å²) in [7, 11) is 0. The summed E-state index contributed by atoms with van der Waals surface area (Å²) in [5, 5.41) is 10.8. The van der Waals surface area contributed by atoms with Gasteiger partial charge in [-0.2, -0.15) is 0 Å². The highest BCUT2D eigenvalue weighted by molar-refractivity contribution is 14.1. The Labute approximate surface area is 89.3 Å². The maximum atomic E-state index is 10.4. The second-order valence-corrected chi connectivity index (χ2v) is 3.68. The lowest BCUT2D eigenvalue weighted by Gasteiger charge is -2.07. The van der Waals surface area contributed by atoms with Crippen molar-refractivity contribution in [3.63, 3.8) is 0 Å². The molecule has 1 aromatic carbocycles. The van der Waals surface area contributed by atoms with Crippen molar-refractivity contribution in [1.82, 2.24) is 0 Å². The van der Waals surface area contributed by atoms with Crippen LogP contribution < -0.4 is 11.1 Å². The highest BCUT2D eigenvalue weighted by Crippen LogP contribution is 2.18. The first kappa shape index (κ1) is 10.3. The predicted octanol–water partition coefficient (Wildman–Crippen LogP) is 1.84. The van der Waals surface area contributed by atoms with Gasteiger partial charge in [0.1, 0.15) is 0 Å².